The van der Waals surface area contributed by atoms with Crippen LogP contribution in [0.4, 0.5) is 15.3 Å². The number of phenolic OH excluding ortho intramolecular Hbond substituents is 1. The van der Waals surface area contributed by atoms with E-state index < -0.39 is 6.09 Å². The molecule has 3 aliphatic rings. The molecule has 0 bridgehead atoms. The number of aryl methyl sites for hydroxylation is 2. The molecule has 2 aromatic rings. The van der Waals surface area contributed by atoms with E-state index in [4.69, 9.17) is 14.6 Å². The second-order valence-electron chi connectivity index (χ2n) is 12.7. The summed E-state index contributed by atoms with van der Waals surface area (Å²) in [7, 11) is 0. The van der Waals surface area contributed by atoms with Crippen LogP contribution >= 0.6 is 0 Å². The summed E-state index contributed by atoms with van der Waals surface area (Å²) in [6.07, 6.45) is 6.80. The van der Waals surface area contributed by atoms with Crippen LogP contribution in [0.5, 0.6) is 5.75 Å². The number of carbonyl (C=O) groups excluding carboxylic acids is 3. The lowest BCUT2D eigenvalue weighted by Gasteiger charge is -2.37. The number of amides is 3. The summed E-state index contributed by atoms with van der Waals surface area (Å²) >= 11 is 0. The van der Waals surface area contributed by atoms with Crippen LogP contribution < -0.4 is 5.32 Å². The van der Waals surface area contributed by atoms with Gasteiger partial charge in [0.05, 0.1) is 0 Å². The Morgan fingerprint density at radius 2 is 1.64 bits per heavy atom. The van der Waals surface area contributed by atoms with Crippen LogP contribution in [-0.2, 0) is 20.7 Å². The number of anilines is 1. The highest BCUT2D eigenvalue weighted by Crippen LogP contribution is 2.25. The number of hydrogen-bond acceptors (Lipinski definition) is 7. The standard InChI is InChI=1S/C18H23N3O4.C11H23NO.C8H10O/c1-13(22)12-25-18(24)20-9-7-15(8-10-20)21-11-6-14-4-2-3-5-16(14)19-17(21)23;1-3-7-12(8-4-2)11-5-9-13-10-6-11;1-6-3-4-8(9)7(2)5-6/h2-5,15H,6-12H2,1H3,(H,19,23);11H,3-10H2,1-2H3;3-5,9H,1-2H3. The molecular formula is C37H56N4O6. The number of phenols is 1. The van der Waals surface area contributed by atoms with Crippen LogP contribution in [-0.4, -0.2) is 102 Å². The predicted molar refractivity (Wildman–Crippen MR) is 186 cm³/mol. The van der Waals surface area contributed by atoms with Crippen LogP contribution in [0.3, 0.4) is 0 Å². The summed E-state index contributed by atoms with van der Waals surface area (Å²) < 4.78 is 10.3. The molecular weight excluding hydrogens is 596 g/mol. The first-order valence-electron chi connectivity index (χ1n) is 17.3. The number of hydrogen-bond donors (Lipinski definition) is 2. The third-order valence-electron chi connectivity index (χ3n) is 8.79. The molecule has 3 amide bonds. The number of aromatic hydroxyl groups is 1. The zero-order valence-corrected chi connectivity index (χ0v) is 29.1. The fraction of sp³-hybridized carbons (Fsp3) is 0.595. The van der Waals surface area contributed by atoms with E-state index in [2.05, 4.69) is 24.1 Å². The zero-order valence-electron chi connectivity index (χ0n) is 29.1. The molecule has 0 saturated carbocycles. The molecule has 260 valence electrons. The van der Waals surface area contributed by atoms with E-state index in [1.165, 1.54) is 51.3 Å². The number of nitrogens with one attached hydrogen (secondary N) is 1. The van der Waals surface area contributed by atoms with Crippen molar-refractivity contribution in [2.24, 2.45) is 0 Å². The number of ketones is 1. The summed E-state index contributed by atoms with van der Waals surface area (Å²) in [6.45, 7) is 15.8. The smallest absolute Gasteiger partial charge is 0.410 e. The minimum Gasteiger partial charge on any atom is -0.508 e. The third kappa shape index (κ3) is 12.5. The monoisotopic (exact) mass is 652 g/mol. The van der Waals surface area contributed by atoms with Crippen molar-refractivity contribution in [1.29, 1.82) is 0 Å². The normalized spacial score (nSPS) is 16.9. The number of carbonyl (C=O) groups is 3. The molecule has 2 aromatic carbocycles. The van der Waals surface area contributed by atoms with Crippen molar-refractivity contribution in [3.8, 4) is 5.75 Å². The van der Waals surface area contributed by atoms with Crippen molar-refractivity contribution >= 4 is 23.6 Å². The average Bonchev–Trinajstić information content (AvgIpc) is 3.24. The van der Waals surface area contributed by atoms with Crippen LogP contribution in [0.15, 0.2) is 42.5 Å². The SMILES string of the molecule is CC(=O)COC(=O)N1CCC(N2CCc3ccccc3NC2=O)CC1.CCCN(CCC)C1CCOCC1.Cc1ccc(O)c(C)c1. The highest BCUT2D eigenvalue weighted by molar-refractivity contribution is 5.91. The molecule has 0 radical (unpaired) electrons. The number of likely N-dealkylation sites (tertiary alicyclic amines) is 1. The number of nitrogens with zero attached hydrogens (tertiary/aromatic N) is 3. The van der Waals surface area contributed by atoms with Crippen LogP contribution in [0.2, 0.25) is 0 Å². The summed E-state index contributed by atoms with van der Waals surface area (Å²) in [6, 6.07) is 14.2. The molecule has 2 saturated heterocycles. The summed E-state index contributed by atoms with van der Waals surface area (Å²) in [5, 5.41) is 12.0. The van der Waals surface area contributed by atoms with Gasteiger partial charge < -0.3 is 34.6 Å². The average molecular weight is 653 g/mol. The summed E-state index contributed by atoms with van der Waals surface area (Å²) in [5.74, 6) is 0.199. The zero-order chi connectivity index (χ0) is 34.2. The predicted octanol–water partition coefficient (Wildman–Crippen LogP) is 6.56. The number of benzene rings is 2. The number of ether oxygens (including phenoxy) is 2. The number of piperidine rings is 1. The fourth-order valence-electron chi connectivity index (χ4n) is 6.26. The molecule has 2 N–H and O–H groups in total. The van der Waals surface area contributed by atoms with Gasteiger partial charge in [0.2, 0.25) is 0 Å². The minimum absolute atomic E-state index is 0.0810. The van der Waals surface area contributed by atoms with Crippen LogP contribution in [0.25, 0.3) is 0 Å². The summed E-state index contributed by atoms with van der Waals surface area (Å²) in [4.78, 5) is 41.5. The van der Waals surface area contributed by atoms with Gasteiger partial charge in [-0.25, -0.2) is 9.59 Å². The molecule has 10 nitrogen and oxygen atoms in total. The van der Waals surface area contributed by atoms with E-state index in [1.54, 1.807) is 11.0 Å². The fourth-order valence-corrected chi connectivity index (χ4v) is 6.26. The lowest BCUT2D eigenvalue weighted by atomic mass is 10.0. The molecule has 0 spiro atoms. The number of para-hydroxylation sites is 1. The maximum absolute atomic E-state index is 12.5. The van der Waals surface area contributed by atoms with E-state index >= 15 is 0 Å². The van der Waals surface area contributed by atoms with Gasteiger partial charge in [-0.05, 0) is 102 Å². The molecule has 3 aliphatic heterocycles. The number of Topliss-reactive ketones (excluding diaryl/α,β-unsaturated/α-hetero) is 1. The van der Waals surface area contributed by atoms with Gasteiger partial charge in [0, 0.05) is 50.6 Å². The van der Waals surface area contributed by atoms with Gasteiger partial charge in [-0.1, -0.05) is 49.7 Å². The first-order valence-corrected chi connectivity index (χ1v) is 17.3. The molecule has 47 heavy (non-hydrogen) atoms. The highest BCUT2D eigenvalue weighted by atomic mass is 16.6. The highest BCUT2D eigenvalue weighted by Gasteiger charge is 2.31. The van der Waals surface area contributed by atoms with Crippen molar-refractivity contribution in [2.45, 2.75) is 91.6 Å². The first kappa shape index (κ1) is 37.8. The number of rotatable bonds is 8. The third-order valence-corrected chi connectivity index (χ3v) is 8.79. The van der Waals surface area contributed by atoms with Crippen molar-refractivity contribution in [2.75, 3.05) is 57.9 Å². The molecule has 5 rings (SSSR count). The second kappa shape index (κ2) is 19.9. The largest absolute Gasteiger partial charge is 0.508 e. The molecule has 10 heteroatoms. The van der Waals surface area contributed by atoms with Gasteiger partial charge in [-0.15, -0.1) is 0 Å². The van der Waals surface area contributed by atoms with Gasteiger partial charge in [-0.3, -0.25) is 4.79 Å². The maximum Gasteiger partial charge on any atom is 0.410 e. The van der Waals surface area contributed by atoms with E-state index in [9.17, 15) is 14.4 Å². The van der Waals surface area contributed by atoms with Crippen molar-refractivity contribution in [3.63, 3.8) is 0 Å². The Labute approximate surface area is 281 Å². The van der Waals surface area contributed by atoms with E-state index in [0.29, 0.717) is 38.2 Å². The second-order valence-corrected chi connectivity index (χ2v) is 12.7. The molecule has 0 atom stereocenters. The number of urea groups is 1. The Morgan fingerprint density at radius 1 is 0.979 bits per heavy atom. The topological polar surface area (TPSA) is 112 Å². The Bertz CT molecular complexity index is 1270. The minimum atomic E-state index is -0.457. The van der Waals surface area contributed by atoms with E-state index in [-0.39, 0.29) is 24.5 Å². The maximum atomic E-state index is 12.5. The van der Waals surface area contributed by atoms with Gasteiger partial charge >= 0.3 is 12.1 Å². The Hall–Kier alpha value is -3.63. The van der Waals surface area contributed by atoms with Crippen molar-refractivity contribution in [3.05, 3.63) is 59.2 Å². The van der Waals surface area contributed by atoms with Gasteiger partial charge in [0.15, 0.2) is 12.4 Å². The molecule has 2 fully saturated rings. The first-order chi connectivity index (χ1) is 22.6. The van der Waals surface area contributed by atoms with Gasteiger partial charge in [0.25, 0.3) is 0 Å². The quantitative estimate of drug-likeness (QED) is 0.332. The summed E-state index contributed by atoms with van der Waals surface area (Å²) in [5.41, 5.74) is 4.14. The molecule has 0 unspecified atom stereocenters. The molecule has 0 aliphatic carbocycles. The van der Waals surface area contributed by atoms with Crippen molar-refractivity contribution in [1.82, 2.24) is 14.7 Å². The van der Waals surface area contributed by atoms with Gasteiger partial charge in [-0.2, -0.15) is 0 Å². The Balaban J connectivity index is 0.000000226. The molecule has 0 aromatic heterocycles. The lowest BCUT2D eigenvalue weighted by molar-refractivity contribution is -0.120. The van der Waals surface area contributed by atoms with E-state index in [0.717, 1.165) is 42.5 Å². The van der Waals surface area contributed by atoms with Crippen LogP contribution in [0, 0.1) is 13.8 Å². The number of fused-ring (bicyclic) bond motifs is 1. The van der Waals surface area contributed by atoms with Gasteiger partial charge in [0.1, 0.15) is 5.75 Å². The van der Waals surface area contributed by atoms with E-state index in [1.807, 2.05) is 55.1 Å². The van der Waals surface area contributed by atoms with Crippen LogP contribution in [0.1, 0.15) is 76.0 Å². The Kier molecular flexibility index (Phi) is 16.0. The van der Waals surface area contributed by atoms with Crippen molar-refractivity contribution < 1.29 is 29.0 Å². The molecule has 3 heterocycles. The Morgan fingerprint density at radius 3 is 2.23 bits per heavy atom. The lowest BCUT2D eigenvalue weighted by Crippen LogP contribution is -2.50.